The van der Waals surface area contributed by atoms with E-state index >= 15 is 0 Å². The van der Waals surface area contributed by atoms with Crippen LogP contribution in [-0.2, 0) is 41.5 Å². The molecule has 3 heterocycles. The first-order chi connectivity index (χ1) is 19.6. The number of hydrogen-bond donors (Lipinski definition) is 5. The van der Waals surface area contributed by atoms with Gasteiger partial charge in [0.05, 0.1) is 32.7 Å². The maximum Gasteiger partial charge on any atom is 0.337 e. The Hall–Kier alpha value is -3.20. The zero-order valence-electron chi connectivity index (χ0n) is 23.1. The van der Waals surface area contributed by atoms with Crippen LogP contribution in [0.4, 0.5) is 0 Å². The number of rotatable bonds is 8. The van der Waals surface area contributed by atoms with Crippen molar-refractivity contribution in [2.24, 2.45) is 11.8 Å². The summed E-state index contributed by atoms with van der Waals surface area (Å²) in [6.45, 7) is 4.92. The van der Waals surface area contributed by atoms with E-state index in [1.165, 1.54) is 33.5 Å². The van der Waals surface area contributed by atoms with Crippen LogP contribution in [0, 0.1) is 11.8 Å². The lowest BCUT2D eigenvalue weighted by atomic mass is 9.77. The van der Waals surface area contributed by atoms with Crippen LogP contribution in [0.25, 0.3) is 0 Å². The summed E-state index contributed by atoms with van der Waals surface area (Å²) in [4.78, 5) is 27.2. The average Bonchev–Trinajstić information content (AvgIpc) is 2.97. The summed E-state index contributed by atoms with van der Waals surface area (Å²) in [5.41, 5.74) is 1.57. The lowest BCUT2D eigenvalue weighted by molar-refractivity contribution is -0.339. The van der Waals surface area contributed by atoms with Crippen molar-refractivity contribution in [1.82, 2.24) is 4.90 Å². The molecule has 4 rings (SSSR count). The lowest BCUT2D eigenvalue weighted by Gasteiger charge is -2.44. The van der Waals surface area contributed by atoms with Gasteiger partial charge in [0.2, 0.25) is 12.2 Å². The number of carbonyl (C=O) groups is 2. The number of phenolic OH excluding ortho intramolecular Hbond substituents is 1. The highest BCUT2D eigenvalue weighted by molar-refractivity contribution is 5.89. The molecule has 1 aromatic carbocycles. The first-order valence-corrected chi connectivity index (χ1v) is 13.2. The average molecular weight is 580 g/mol. The van der Waals surface area contributed by atoms with Crippen LogP contribution >= 0.6 is 0 Å². The van der Waals surface area contributed by atoms with E-state index in [0.29, 0.717) is 11.3 Å². The molecule has 0 saturated carbocycles. The molecule has 1 fully saturated rings. The first kappa shape index (κ1) is 30.8. The first-order valence-electron chi connectivity index (χ1n) is 13.2. The van der Waals surface area contributed by atoms with Crippen LogP contribution in [0.2, 0.25) is 0 Å². The number of amides is 1. The lowest BCUT2D eigenvalue weighted by Crippen LogP contribution is -2.60. The largest absolute Gasteiger partial charge is 0.504 e. The summed E-state index contributed by atoms with van der Waals surface area (Å²) in [6, 6.07) is 2.97. The molecule has 13 heteroatoms. The Bertz CT molecular complexity index is 1170. The van der Waals surface area contributed by atoms with Gasteiger partial charge in [-0.3, -0.25) is 4.79 Å². The van der Waals surface area contributed by atoms with Crippen molar-refractivity contribution in [1.29, 1.82) is 0 Å². The zero-order valence-corrected chi connectivity index (χ0v) is 23.1. The van der Waals surface area contributed by atoms with Crippen molar-refractivity contribution in [2.45, 2.75) is 69.3 Å². The second-order valence-electron chi connectivity index (χ2n) is 10.3. The molecule has 3 aliphatic rings. The number of fused-ring (bicyclic) bond motifs is 1. The number of aliphatic hydroxyl groups excluding tert-OH is 4. The quantitative estimate of drug-likeness (QED) is 0.201. The maximum atomic E-state index is 12.8. The van der Waals surface area contributed by atoms with Gasteiger partial charge < -0.3 is 54.1 Å². The summed E-state index contributed by atoms with van der Waals surface area (Å²) in [7, 11) is 2.67. The van der Waals surface area contributed by atoms with Crippen molar-refractivity contribution < 1.29 is 58.8 Å². The highest BCUT2D eigenvalue weighted by Crippen LogP contribution is 2.42. The van der Waals surface area contributed by atoms with Gasteiger partial charge in [-0.2, -0.15) is 0 Å². The Balaban J connectivity index is 1.65. The predicted octanol–water partition coefficient (Wildman–Crippen LogP) is -0.288. The molecule has 0 unspecified atom stereocenters. The summed E-state index contributed by atoms with van der Waals surface area (Å²) in [5, 5.41) is 51.1. The highest BCUT2D eigenvalue weighted by Gasteiger charge is 2.48. The minimum absolute atomic E-state index is 0.0157. The van der Waals surface area contributed by atoms with Crippen molar-refractivity contribution in [2.75, 3.05) is 20.8 Å². The van der Waals surface area contributed by atoms with E-state index in [4.69, 9.17) is 23.7 Å². The Morgan fingerprint density at radius 2 is 1.88 bits per heavy atom. The number of methoxy groups -OCH3 is 2. The van der Waals surface area contributed by atoms with E-state index in [2.05, 4.69) is 6.58 Å². The number of hydrogen-bond acceptors (Lipinski definition) is 12. The molecular formula is C28H37NO12. The molecule has 5 N–H and O–H groups in total. The number of aliphatic hydroxyl groups is 4. The minimum Gasteiger partial charge on any atom is -0.504 e. The third-order valence-corrected chi connectivity index (χ3v) is 8.03. The van der Waals surface area contributed by atoms with Gasteiger partial charge in [0.1, 0.15) is 24.4 Å². The molecule has 1 amide bonds. The molecule has 0 radical (unpaired) electrons. The number of carbonyl (C=O) groups excluding carboxylic acids is 2. The van der Waals surface area contributed by atoms with Crippen molar-refractivity contribution in [3.63, 3.8) is 0 Å². The summed E-state index contributed by atoms with van der Waals surface area (Å²) in [6.07, 6.45) is -5.61. The van der Waals surface area contributed by atoms with E-state index in [1.807, 2.05) is 0 Å². The maximum absolute atomic E-state index is 12.8. The smallest absolute Gasteiger partial charge is 0.337 e. The molecule has 9 atom stereocenters. The molecule has 0 spiro atoms. The second kappa shape index (κ2) is 12.8. The fraction of sp³-hybridized carbons (Fsp3) is 0.571. The third kappa shape index (κ3) is 5.92. The van der Waals surface area contributed by atoms with Gasteiger partial charge in [0.25, 0.3) is 0 Å². The normalized spacial score (nSPS) is 33.2. The SMILES string of the molecule is C=C[C@H]1[C@H](O[C@H]2O[C@@H](CO)[C@H](O)[C@@H](O)[C@@H]2O)OC=C(C(=O)OC)[C@H]1C[C@@H]1Cc2c(ccc(OC)c2O)CN1C(C)=O. The molecule has 13 nitrogen and oxygen atoms in total. The van der Waals surface area contributed by atoms with Crippen LogP contribution in [0.15, 0.2) is 36.6 Å². The number of phenols is 1. The number of ether oxygens (including phenoxy) is 5. The van der Waals surface area contributed by atoms with Crippen LogP contribution in [0.1, 0.15) is 24.5 Å². The van der Waals surface area contributed by atoms with Crippen LogP contribution < -0.4 is 4.74 Å². The summed E-state index contributed by atoms with van der Waals surface area (Å²) >= 11 is 0. The molecule has 0 bridgehead atoms. The summed E-state index contributed by atoms with van der Waals surface area (Å²) < 4.78 is 27.3. The predicted molar refractivity (Wildman–Crippen MR) is 140 cm³/mol. The Morgan fingerprint density at radius 3 is 2.49 bits per heavy atom. The van der Waals surface area contributed by atoms with Crippen LogP contribution in [0.5, 0.6) is 11.5 Å². The Labute approximate surface area is 237 Å². The number of aromatic hydroxyl groups is 1. The molecule has 41 heavy (non-hydrogen) atoms. The Kier molecular flexibility index (Phi) is 9.57. The van der Waals surface area contributed by atoms with Gasteiger partial charge in [-0.1, -0.05) is 12.1 Å². The Morgan fingerprint density at radius 1 is 1.15 bits per heavy atom. The molecule has 1 saturated heterocycles. The van der Waals surface area contributed by atoms with E-state index in [1.54, 1.807) is 17.0 Å². The van der Waals surface area contributed by atoms with E-state index in [-0.39, 0.29) is 36.6 Å². The fourth-order valence-electron chi connectivity index (χ4n) is 5.75. The molecule has 0 aliphatic carbocycles. The molecule has 1 aromatic rings. The third-order valence-electron chi connectivity index (χ3n) is 8.03. The van der Waals surface area contributed by atoms with Gasteiger partial charge >= 0.3 is 5.97 Å². The van der Waals surface area contributed by atoms with Gasteiger partial charge in [-0.15, -0.1) is 6.58 Å². The van der Waals surface area contributed by atoms with Gasteiger partial charge in [0, 0.05) is 36.9 Å². The number of benzene rings is 1. The monoisotopic (exact) mass is 579 g/mol. The molecule has 0 aromatic heterocycles. The standard InChI is InChI=1S/C28H37NO12/c1-5-16-18(9-15-8-17-14(10-29(15)13(2)31)6-7-20(37-3)22(17)32)19(26(36)38-4)12-39-27(16)41-28-25(35)24(34)23(33)21(11-30)40-28/h5-7,12,15-16,18,21,23-25,27-28,30,32-35H,1,8-11H2,2-4H3/t15-,16+,18-,21-,23-,24+,25-,27-,28+/m0/s1. The van der Waals surface area contributed by atoms with E-state index < -0.39 is 67.4 Å². The van der Waals surface area contributed by atoms with Crippen molar-refractivity contribution in [3.05, 3.63) is 47.7 Å². The van der Waals surface area contributed by atoms with Crippen molar-refractivity contribution in [3.8, 4) is 11.5 Å². The molecule has 3 aliphatic heterocycles. The summed E-state index contributed by atoms with van der Waals surface area (Å²) in [5.74, 6) is -1.98. The highest BCUT2D eigenvalue weighted by atomic mass is 16.8. The van der Waals surface area contributed by atoms with Crippen LogP contribution in [0.3, 0.4) is 0 Å². The second-order valence-corrected chi connectivity index (χ2v) is 10.3. The fourth-order valence-corrected chi connectivity index (χ4v) is 5.75. The van der Waals surface area contributed by atoms with E-state index in [0.717, 1.165) is 5.56 Å². The minimum atomic E-state index is -1.67. The number of nitrogens with zero attached hydrogens (tertiary/aromatic N) is 1. The van der Waals surface area contributed by atoms with Gasteiger partial charge in [-0.05, 0) is 24.5 Å². The molecular weight excluding hydrogens is 542 g/mol. The number of esters is 1. The zero-order chi connectivity index (χ0) is 30.0. The van der Waals surface area contributed by atoms with Crippen molar-refractivity contribution >= 4 is 11.9 Å². The van der Waals surface area contributed by atoms with Crippen LogP contribution in [-0.4, -0.2) is 106 Å². The van der Waals surface area contributed by atoms with Gasteiger partial charge in [0.15, 0.2) is 17.8 Å². The van der Waals surface area contributed by atoms with E-state index in [9.17, 15) is 35.1 Å². The topological polar surface area (TPSA) is 185 Å². The van der Waals surface area contributed by atoms with Gasteiger partial charge in [-0.25, -0.2) is 4.79 Å². The molecule has 226 valence electrons.